The molecule has 0 aromatic heterocycles. The first-order chi connectivity index (χ1) is 8.78. The number of amides is 1. The predicted octanol–water partition coefficient (Wildman–Crippen LogP) is 2.00. The highest BCUT2D eigenvalue weighted by Gasteiger charge is 2.68. The van der Waals surface area contributed by atoms with E-state index in [9.17, 15) is 22.8 Å². The van der Waals surface area contributed by atoms with Crippen LogP contribution in [0.3, 0.4) is 0 Å². The van der Waals surface area contributed by atoms with Crippen LogP contribution in [-0.2, 0) is 21.2 Å². The van der Waals surface area contributed by atoms with Crippen molar-refractivity contribution in [1.29, 1.82) is 0 Å². The van der Waals surface area contributed by atoms with Crippen molar-refractivity contribution in [2.75, 3.05) is 5.32 Å². The maximum Gasteiger partial charge on any atom is 0.418 e. The number of hydrogen-bond acceptors (Lipinski definition) is 2. The molecule has 1 aliphatic carbocycles. The highest BCUT2D eigenvalue weighted by atomic mass is 19.4. The summed E-state index contributed by atoms with van der Waals surface area (Å²) < 4.78 is 38.5. The van der Waals surface area contributed by atoms with E-state index in [4.69, 9.17) is 5.11 Å². The van der Waals surface area contributed by atoms with Crippen molar-refractivity contribution in [2.45, 2.75) is 18.0 Å². The van der Waals surface area contributed by atoms with Gasteiger partial charge in [0.25, 0.3) is 0 Å². The maximum atomic E-state index is 12.8. The van der Waals surface area contributed by atoms with Crippen molar-refractivity contribution < 1.29 is 27.9 Å². The summed E-state index contributed by atoms with van der Waals surface area (Å²) in [5.41, 5.74) is -2.42. The minimum atomic E-state index is -4.59. The van der Waals surface area contributed by atoms with E-state index in [2.05, 4.69) is 5.32 Å². The number of fused-ring (bicyclic) bond motifs is 2. The molecule has 0 saturated heterocycles. The number of rotatable bonds is 1. The summed E-state index contributed by atoms with van der Waals surface area (Å²) in [6.45, 7) is 0. The molecule has 1 spiro atoms. The van der Waals surface area contributed by atoms with Gasteiger partial charge >= 0.3 is 12.1 Å². The fourth-order valence-electron chi connectivity index (χ4n) is 2.75. The van der Waals surface area contributed by atoms with Gasteiger partial charge in [0.1, 0.15) is 0 Å². The summed E-state index contributed by atoms with van der Waals surface area (Å²) >= 11 is 0. The Morgan fingerprint density at radius 3 is 2.63 bits per heavy atom. The number of carbonyl (C=O) groups excluding carboxylic acids is 1. The number of nitrogens with one attached hydrogen (secondary N) is 1. The number of anilines is 1. The third kappa shape index (κ3) is 1.41. The second-order valence-corrected chi connectivity index (χ2v) is 4.75. The first-order valence-electron chi connectivity index (χ1n) is 5.53. The molecule has 7 heteroatoms. The van der Waals surface area contributed by atoms with Gasteiger partial charge < -0.3 is 10.4 Å². The molecule has 1 saturated carbocycles. The molecule has 2 atom stereocenters. The van der Waals surface area contributed by atoms with E-state index in [1.807, 2.05) is 0 Å². The van der Waals surface area contributed by atoms with Crippen LogP contribution in [0.5, 0.6) is 0 Å². The lowest BCUT2D eigenvalue weighted by Gasteiger charge is -2.11. The molecule has 0 radical (unpaired) electrons. The number of aliphatic carboxylic acids is 1. The number of alkyl halides is 3. The Balaban J connectivity index is 2.16. The molecule has 2 unspecified atom stereocenters. The molecular formula is C12H8F3NO3. The van der Waals surface area contributed by atoms with E-state index in [0.717, 1.165) is 6.07 Å². The second-order valence-electron chi connectivity index (χ2n) is 4.75. The average molecular weight is 271 g/mol. The molecular weight excluding hydrogens is 263 g/mol. The zero-order valence-electron chi connectivity index (χ0n) is 9.41. The SMILES string of the molecule is O=C(O)C1CC12C(=O)Nc1c(C(F)(F)F)cccc12. The summed E-state index contributed by atoms with van der Waals surface area (Å²) in [4.78, 5) is 22.8. The number of hydrogen-bond donors (Lipinski definition) is 2. The van der Waals surface area contributed by atoms with Crippen LogP contribution in [0.1, 0.15) is 17.5 Å². The largest absolute Gasteiger partial charge is 0.481 e. The van der Waals surface area contributed by atoms with Crippen LogP contribution >= 0.6 is 0 Å². The van der Waals surface area contributed by atoms with Crippen molar-refractivity contribution in [2.24, 2.45) is 5.92 Å². The van der Waals surface area contributed by atoms with Crippen molar-refractivity contribution in [3.8, 4) is 0 Å². The molecule has 100 valence electrons. The Bertz CT molecular complexity index is 611. The van der Waals surface area contributed by atoms with Crippen LogP contribution in [0.2, 0.25) is 0 Å². The topological polar surface area (TPSA) is 66.4 Å². The third-order valence-corrected chi connectivity index (χ3v) is 3.75. The van der Waals surface area contributed by atoms with Crippen molar-refractivity contribution >= 4 is 17.6 Å². The Hall–Kier alpha value is -2.05. The molecule has 1 aliphatic heterocycles. The maximum absolute atomic E-state index is 12.8. The third-order valence-electron chi connectivity index (χ3n) is 3.75. The van der Waals surface area contributed by atoms with E-state index >= 15 is 0 Å². The van der Waals surface area contributed by atoms with Crippen LogP contribution < -0.4 is 5.32 Å². The van der Waals surface area contributed by atoms with Crippen LogP contribution in [0.15, 0.2) is 18.2 Å². The summed E-state index contributed by atoms with van der Waals surface area (Å²) in [6, 6.07) is 3.45. The van der Waals surface area contributed by atoms with Crippen molar-refractivity contribution in [3.05, 3.63) is 29.3 Å². The lowest BCUT2D eigenvalue weighted by molar-refractivity contribution is -0.140. The average Bonchev–Trinajstić information content (AvgIpc) is 2.97. The zero-order valence-corrected chi connectivity index (χ0v) is 9.41. The van der Waals surface area contributed by atoms with Crippen LogP contribution in [0.25, 0.3) is 0 Å². The van der Waals surface area contributed by atoms with Crippen molar-refractivity contribution in [3.63, 3.8) is 0 Å². The van der Waals surface area contributed by atoms with Gasteiger partial charge in [0, 0.05) is 0 Å². The molecule has 4 nitrogen and oxygen atoms in total. The molecule has 1 aromatic rings. The molecule has 1 amide bonds. The molecule has 1 heterocycles. The molecule has 19 heavy (non-hydrogen) atoms. The Morgan fingerprint density at radius 2 is 2.11 bits per heavy atom. The normalized spacial score (nSPS) is 28.2. The Morgan fingerprint density at radius 1 is 1.42 bits per heavy atom. The molecule has 3 rings (SSSR count). The van der Waals surface area contributed by atoms with Gasteiger partial charge in [0.2, 0.25) is 5.91 Å². The summed E-state index contributed by atoms with van der Waals surface area (Å²) in [7, 11) is 0. The smallest absolute Gasteiger partial charge is 0.418 e. The van der Waals surface area contributed by atoms with Gasteiger partial charge in [-0.2, -0.15) is 13.2 Å². The van der Waals surface area contributed by atoms with E-state index < -0.39 is 34.9 Å². The fourth-order valence-corrected chi connectivity index (χ4v) is 2.75. The quantitative estimate of drug-likeness (QED) is 0.821. The number of para-hydroxylation sites is 1. The lowest BCUT2D eigenvalue weighted by Crippen LogP contribution is -2.24. The predicted molar refractivity (Wildman–Crippen MR) is 57.5 cm³/mol. The minimum absolute atomic E-state index is 0.0441. The number of halogens is 3. The number of carboxylic acids is 1. The van der Waals surface area contributed by atoms with E-state index in [-0.39, 0.29) is 17.7 Å². The highest BCUT2D eigenvalue weighted by Crippen LogP contribution is 2.61. The molecule has 1 fully saturated rings. The Kier molecular flexibility index (Phi) is 2.08. The monoisotopic (exact) mass is 271 g/mol. The lowest BCUT2D eigenvalue weighted by atomic mass is 9.93. The molecule has 2 N–H and O–H groups in total. The van der Waals surface area contributed by atoms with Crippen LogP contribution in [0.4, 0.5) is 18.9 Å². The number of benzene rings is 1. The molecule has 0 bridgehead atoms. The number of carbonyl (C=O) groups is 2. The standard InChI is InChI=1S/C12H8F3NO3/c13-12(14,15)6-3-1-2-5-8(6)16-10(19)11(5)4-7(11)9(17)18/h1-3,7H,4H2,(H,16,19)(H,17,18). The Labute approximate surface area is 105 Å². The second kappa shape index (κ2) is 3.28. The minimum Gasteiger partial charge on any atom is -0.481 e. The van der Waals surface area contributed by atoms with Crippen molar-refractivity contribution in [1.82, 2.24) is 0 Å². The van der Waals surface area contributed by atoms with Gasteiger partial charge in [-0.05, 0) is 18.1 Å². The van der Waals surface area contributed by atoms with Gasteiger partial charge in [-0.15, -0.1) is 0 Å². The van der Waals surface area contributed by atoms with Gasteiger partial charge in [-0.3, -0.25) is 9.59 Å². The number of carboxylic acid groups (broad SMARTS) is 1. The van der Waals surface area contributed by atoms with Gasteiger partial charge in [-0.1, -0.05) is 12.1 Å². The van der Waals surface area contributed by atoms with Crippen LogP contribution in [0, 0.1) is 5.92 Å². The summed E-state index contributed by atoms with van der Waals surface area (Å²) in [6.07, 6.45) is -4.54. The summed E-state index contributed by atoms with van der Waals surface area (Å²) in [5.74, 6) is -2.77. The van der Waals surface area contributed by atoms with Gasteiger partial charge in [-0.25, -0.2) is 0 Å². The van der Waals surface area contributed by atoms with Crippen LogP contribution in [-0.4, -0.2) is 17.0 Å². The first kappa shape index (κ1) is 12.0. The summed E-state index contributed by atoms with van der Waals surface area (Å²) in [5, 5.41) is 11.1. The van der Waals surface area contributed by atoms with E-state index in [1.165, 1.54) is 12.1 Å². The molecule has 1 aromatic carbocycles. The van der Waals surface area contributed by atoms with Gasteiger partial charge in [0.15, 0.2) is 0 Å². The first-order valence-corrected chi connectivity index (χ1v) is 5.53. The van der Waals surface area contributed by atoms with E-state index in [0.29, 0.717) is 0 Å². The molecule has 2 aliphatic rings. The van der Waals surface area contributed by atoms with E-state index in [1.54, 1.807) is 0 Å². The van der Waals surface area contributed by atoms with Gasteiger partial charge in [0.05, 0.1) is 22.6 Å². The zero-order chi connectivity index (χ0) is 14.0. The fraction of sp³-hybridized carbons (Fsp3) is 0.333. The highest BCUT2D eigenvalue weighted by molar-refractivity contribution is 6.12.